The van der Waals surface area contributed by atoms with Gasteiger partial charge in [-0.05, 0) is 11.6 Å². The number of benzene rings is 3. The quantitative estimate of drug-likeness (QED) is 0.104. The molecular formula is C30H24Cl2N2O13. The van der Waals surface area contributed by atoms with Crippen molar-refractivity contribution in [3.8, 4) is 28.2 Å². The molecule has 246 valence electrons. The Morgan fingerprint density at radius 1 is 0.702 bits per heavy atom. The zero-order valence-electron chi connectivity index (χ0n) is 23.9. The SMILES string of the molecule is O=C(O)CN(CC(=O)O)Cc1c2c(-c3ccccc3C(=O)O)c3c(CN(CC(=O)O)CC(=O)O)c(Cl)c(O)cc3oc-2cc(=O)c1Cl. The van der Waals surface area contributed by atoms with Gasteiger partial charge in [-0.25, -0.2) is 4.79 Å². The smallest absolute Gasteiger partial charge is 0.336 e. The van der Waals surface area contributed by atoms with Crippen LogP contribution in [0.25, 0.3) is 33.4 Å². The molecule has 1 aliphatic heterocycles. The summed E-state index contributed by atoms with van der Waals surface area (Å²) in [6.45, 7) is -4.27. The molecule has 1 aliphatic carbocycles. The fraction of sp³-hybridized carbons (Fsp3) is 0.200. The Balaban J connectivity index is 2.25. The van der Waals surface area contributed by atoms with Gasteiger partial charge in [-0.2, -0.15) is 0 Å². The van der Waals surface area contributed by atoms with Crippen LogP contribution < -0.4 is 5.43 Å². The van der Waals surface area contributed by atoms with E-state index in [9.17, 15) is 59.4 Å². The lowest BCUT2D eigenvalue weighted by Gasteiger charge is -2.26. The lowest BCUT2D eigenvalue weighted by Crippen LogP contribution is -2.34. The van der Waals surface area contributed by atoms with Gasteiger partial charge in [0.15, 0.2) is 0 Å². The fourth-order valence-corrected chi connectivity index (χ4v) is 5.71. The van der Waals surface area contributed by atoms with Gasteiger partial charge in [-0.1, -0.05) is 41.4 Å². The molecule has 0 atom stereocenters. The van der Waals surface area contributed by atoms with E-state index in [0.29, 0.717) is 0 Å². The molecule has 0 fully saturated rings. The maximum Gasteiger partial charge on any atom is 0.336 e. The molecule has 0 saturated heterocycles. The molecule has 0 amide bonds. The highest BCUT2D eigenvalue weighted by Gasteiger charge is 2.31. The number of nitrogens with zero attached hydrogens (tertiary/aromatic N) is 2. The van der Waals surface area contributed by atoms with Gasteiger partial charge in [0.25, 0.3) is 0 Å². The van der Waals surface area contributed by atoms with Crippen LogP contribution in [-0.2, 0) is 32.3 Å². The lowest BCUT2D eigenvalue weighted by molar-refractivity contribution is -0.144. The summed E-state index contributed by atoms with van der Waals surface area (Å²) in [5.41, 5.74) is -1.61. The van der Waals surface area contributed by atoms with E-state index in [1.165, 1.54) is 24.3 Å². The average Bonchev–Trinajstić information content (AvgIpc) is 2.95. The van der Waals surface area contributed by atoms with E-state index < -0.39 is 85.3 Å². The van der Waals surface area contributed by atoms with Gasteiger partial charge in [0.2, 0.25) is 5.43 Å². The number of phenolic OH excluding ortho intramolecular Hbond substituents is 1. The monoisotopic (exact) mass is 690 g/mol. The highest BCUT2D eigenvalue weighted by Crippen LogP contribution is 2.48. The van der Waals surface area contributed by atoms with Crippen molar-refractivity contribution in [3.63, 3.8) is 0 Å². The van der Waals surface area contributed by atoms with Gasteiger partial charge in [-0.15, -0.1) is 0 Å². The van der Waals surface area contributed by atoms with Crippen molar-refractivity contribution in [2.24, 2.45) is 0 Å². The van der Waals surface area contributed by atoms with E-state index in [-0.39, 0.29) is 55.1 Å². The van der Waals surface area contributed by atoms with Gasteiger partial charge >= 0.3 is 29.8 Å². The molecule has 0 radical (unpaired) electrons. The number of hydrogen-bond acceptors (Lipinski definition) is 10. The fourth-order valence-electron chi connectivity index (χ4n) is 5.29. The van der Waals surface area contributed by atoms with E-state index in [0.717, 1.165) is 21.9 Å². The summed E-state index contributed by atoms with van der Waals surface area (Å²) in [5.74, 6) is -7.80. The first-order valence-corrected chi connectivity index (χ1v) is 14.1. The summed E-state index contributed by atoms with van der Waals surface area (Å²) in [4.78, 5) is 73.9. The number of hydrogen-bond donors (Lipinski definition) is 6. The number of carboxylic acid groups (broad SMARTS) is 5. The number of rotatable bonds is 14. The average molecular weight is 691 g/mol. The molecule has 1 heterocycles. The van der Waals surface area contributed by atoms with Crippen LogP contribution in [0.5, 0.6) is 5.75 Å². The first-order chi connectivity index (χ1) is 22.1. The van der Waals surface area contributed by atoms with Gasteiger partial charge < -0.3 is 35.1 Å². The molecule has 2 aromatic rings. The largest absolute Gasteiger partial charge is 0.506 e. The second kappa shape index (κ2) is 14.0. The third-order valence-corrected chi connectivity index (χ3v) is 7.78. The number of carboxylic acids is 5. The third-order valence-electron chi connectivity index (χ3n) is 6.94. The molecule has 0 saturated carbocycles. The minimum atomic E-state index is -1.40. The van der Waals surface area contributed by atoms with Crippen LogP contribution in [0.1, 0.15) is 21.5 Å². The number of aromatic hydroxyl groups is 1. The van der Waals surface area contributed by atoms with Crippen molar-refractivity contribution >= 4 is 64.0 Å². The molecular weight excluding hydrogens is 667 g/mol. The summed E-state index contributed by atoms with van der Waals surface area (Å²) >= 11 is 13.1. The number of phenols is 1. The highest BCUT2D eigenvalue weighted by atomic mass is 35.5. The van der Waals surface area contributed by atoms with Crippen molar-refractivity contribution in [2.45, 2.75) is 13.1 Å². The van der Waals surface area contributed by atoms with Crippen molar-refractivity contribution in [3.05, 3.63) is 73.4 Å². The number of aliphatic carboxylic acids is 4. The van der Waals surface area contributed by atoms with Crippen LogP contribution in [0.4, 0.5) is 0 Å². The van der Waals surface area contributed by atoms with Crippen LogP contribution in [0.2, 0.25) is 10.0 Å². The van der Waals surface area contributed by atoms with Crippen LogP contribution in [0, 0.1) is 0 Å². The van der Waals surface area contributed by atoms with Crippen LogP contribution in [0.3, 0.4) is 0 Å². The standard InChI is InChI=1S/C30H24Cl2N2O13/c31-28-15(7-33(9-21(37)38)10-22(39)40)25-19(5-17(28)35)47-20-6-18(36)29(32)16(8-34(11-23(41)42)12-24(43)44)26(20)27(25)13-3-1-2-4-14(13)30(45)46/h1-6,35H,7-12H2,(H,37,38)(H,39,40)(H,41,42)(H,43,44)(H,45,46). The molecule has 0 aromatic heterocycles. The third kappa shape index (κ3) is 7.61. The minimum absolute atomic E-state index is 0.0178. The van der Waals surface area contributed by atoms with E-state index in [2.05, 4.69) is 0 Å². The summed E-state index contributed by atoms with van der Waals surface area (Å²) in [6.07, 6.45) is 0. The maximum atomic E-state index is 13.1. The Kier molecular flexibility index (Phi) is 10.4. The Bertz CT molecular complexity index is 1940. The maximum absolute atomic E-state index is 13.1. The molecule has 0 bridgehead atoms. The van der Waals surface area contributed by atoms with Crippen LogP contribution >= 0.6 is 23.2 Å². The Labute approximate surface area is 273 Å². The van der Waals surface area contributed by atoms with E-state index in [1.807, 2.05) is 0 Å². The van der Waals surface area contributed by atoms with E-state index >= 15 is 0 Å². The zero-order valence-corrected chi connectivity index (χ0v) is 25.4. The molecule has 2 aliphatic rings. The predicted octanol–water partition coefficient (Wildman–Crippen LogP) is 3.22. The summed E-state index contributed by atoms with van der Waals surface area (Å²) in [7, 11) is 0. The molecule has 47 heavy (non-hydrogen) atoms. The number of carbonyl (C=O) groups is 5. The Morgan fingerprint density at radius 2 is 1.21 bits per heavy atom. The summed E-state index contributed by atoms with van der Waals surface area (Å²) < 4.78 is 6.02. The van der Waals surface area contributed by atoms with Gasteiger partial charge in [0.05, 0.1) is 41.8 Å². The van der Waals surface area contributed by atoms with E-state index in [4.69, 9.17) is 27.6 Å². The van der Waals surface area contributed by atoms with Crippen molar-refractivity contribution in [1.82, 2.24) is 9.80 Å². The Morgan fingerprint density at radius 3 is 1.72 bits per heavy atom. The minimum Gasteiger partial charge on any atom is -0.506 e. The summed E-state index contributed by atoms with van der Waals surface area (Å²) in [6, 6.07) is 7.59. The summed E-state index contributed by atoms with van der Waals surface area (Å²) in [5, 5.41) is 57.8. The topological polar surface area (TPSA) is 243 Å². The molecule has 6 N–H and O–H groups in total. The number of aromatic carboxylic acids is 1. The van der Waals surface area contributed by atoms with Gasteiger partial charge in [-0.3, -0.25) is 33.8 Å². The number of fused-ring (bicyclic) bond motifs is 2. The van der Waals surface area contributed by atoms with Crippen LogP contribution in [-0.4, -0.2) is 96.5 Å². The van der Waals surface area contributed by atoms with Crippen LogP contribution in [0.15, 0.2) is 45.6 Å². The first-order valence-electron chi connectivity index (χ1n) is 13.4. The van der Waals surface area contributed by atoms with Gasteiger partial charge in [0, 0.05) is 52.9 Å². The normalized spacial score (nSPS) is 11.4. The predicted molar refractivity (Wildman–Crippen MR) is 164 cm³/mol. The Hall–Kier alpha value is -5.22. The second-order valence-electron chi connectivity index (χ2n) is 10.3. The molecule has 0 spiro atoms. The molecule has 2 aromatic carbocycles. The van der Waals surface area contributed by atoms with Crippen molar-refractivity contribution in [1.29, 1.82) is 0 Å². The molecule has 4 rings (SSSR count). The second-order valence-corrected chi connectivity index (χ2v) is 11.1. The molecule has 15 nitrogen and oxygen atoms in total. The van der Waals surface area contributed by atoms with Gasteiger partial charge in [0.1, 0.15) is 17.1 Å². The molecule has 0 unspecified atom stereocenters. The molecule has 17 heteroatoms. The lowest BCUT2D eigenvalue weighted by atomic mass is 9.86. The first kappa shape index (κ1) is 34.6. The van der Waals surface area contributed by atoms with Crippen molar-refractivity contribution in [2.75, 3.05) is 26.2 Å². The zero-order chi connectivity index (χ0) is 34.7. The van der Waals surface area contributed by atoms with E-state index in [1.54, 1.807) is 0 Å². The highest BCUT2D eigenvalue weighted by molar-refractivity contribution is 6.34. The number of halogens is 2. The van der Waals surface area contributed by atoms with Crippen molar-refractivity contribution < 1.29 is 59.0 Å².